The van der Waals surface area contributed by atoms with Gasteiger partial charge in [0.15, 0.2) is 0 Å². The minimum atomic E-state index is 0.0907. The molecular formula is C12H17ClO. The van der Waals surface area contributed by atoms with Crippen molar-refractivity contribution >= 4 is 11.6 Å². The van der Waals surface area contributed by atoms with Crippen LogP contribution >= 0.6 is 11.6 Å². The van der Waals surface area contributed by atoms with Crippen molar-refractivity contribution in [2.45, 2.75) is 32.1 Å². The molecule has 0 amide bonds. The molecule has 1 nitrogen and oxygen atoms in total. The summed E-state index contributed by atoms with van der Waals surface area (Å²) >= 11 is 5.80. The molecule has 0 saturated carbocycles. The van der Waals surface area contributed by atoms with Crippen LogP contribution in [0.15, 0.2) is 18.2 Å². The van der Waals surface area contributed by atoms with E-state index >= 15 is 0 Å². The van der Waals surface area contributed by atoms with Gasteiger partial charge in [-0.15, -0.1) is 11.6 Å². The fourth-order valence-corrected chi connectivity index (χ4v) is 1.59. The van der Waals surface area contributed by atoms with Crippen LogP contribution in [0.4, 0.5) is 0 Å². The predicted octanol–water partition coefficient (Wildman–Crippen LogP) is 3.73. The van der Waals surface area contributed by atoms with Crippen molar-refractivity contribution in [3.05, 3.63) is 29.3 Å². The number of methoxy groups -OCH3 is 1. The normalized spacial score (nSPS) is 11.5. The van der Waals surface area contributed by atoms with Gasteiger partial charge in [-0.3, -0.25) is 0 Å². The Labute approximate surface area is 91.0 Å². The van der Waals surface area contributed by atoms with Crippen molar-refractivity contribution in [2.24, 2.45) is 0 Å². The van der Waals surface area contributed by atoms with E-state index in [2.05, 4.69) is 26.8 Å². The van der Waals surface area contributed by atoms with Gasteiger partial charge in [0, 0.05) is 5.88 Å². The first kappa shape index (κ1) is 11.4. The average molecular weight is 213 g/mol. The van der Waals surface area contributed by atoms with E-state index in [0.29, 0.717) is 5.88 Å². The summed E-state index contributed by atoms with van der Waals surface area (Å²) in [5.74, 6) is 1.49. The summed E-state index contributed by atoms with van der Waals surface area (Å²) in [6.07, 6.45) is 0. The van der Waals surface area contributed by atoms with Crippen LogP contribution in [-0.4, -0.2) is 7.11 Å². The summed E-state index contributed by atoms with van der Waals surface area (Å²) < 4.78 is 5.33. The SMILES string of the molecule is COc1ccc(CCl)cc1C(C)(C)C. The molecule has 0 N–H and O–H groups in total. The van der Waals surface area contributed by atoms with E-state index in [0.717, 1.165) is 11.3 Å². The van der Waals surface area contributed by atoms with Gasteiger partial charge in [-0.1, -0.05) is 32.9 Å². The fraction of sp³-hybridized carbons (Fsp3) is 0.500. The Hall–Kier alpha value is -0.690. The number of hydrogen-bond donors (Lipinski definition) is 0. The third-order valence-corrected chi connectivity index (χ3v) is 2.53. The largest absolute Gasteiger partial charge is 0.496 e. The highest BCUT2D eigenvalue weighted by molar-refractivity contribution is 6.17. The monoisotopic (exact) mass is 212 g/mol. The lowest BCUT2D eigenvalue weighted by atomic mass is 9.85. The van der Waals surface area contributed by atoms with Crippen molar-refractivity contribution in [1.82, 2.24) is 0 Å². The third-order valence-electron chi connectivity index (χ3n) is 2.23. The Bertz CT molecular complexity index is 313. The minimum Gasteiger partial charge on any atom is -0.496 e. The van der Waals surface area contributed by atoms with Gasteiger partial charge < -0.3 is 4.74 Å². The molecule has 0 radical (unpaired) electrons. The van der Waals surface area contributed by atoms with Gasteiger partial charge in [-0.25, -0.2) is 0 Å². The molecule has 1 aromatic rings. The van der Waals surface area contributed by atoms with Gasteiger partial charge in [0.05, 0.1) is 7.11 Å². The molecule has 0 heterocycles. The van der Waals surface area contributed by atoms with Gasteiger partial charge >= 0.3 is 0 Å². The van der Waals surface area contributed by atoms with Crippen LogP contribution in [0.1, 0.15) is 31.9 Å². The molecule has 2 heteroatoms. The smallest absolute Gasteiger partial charge is 0.122 e. The zero-order valence-electron chi connectivity index (χ0n) is 9.23. The summed E-state index contributed by atoms with van der Waals surface area (Å²) in [6, 6.07) is 6.10. The summed E-state index contributed by atoms with van der Waals surface area (Å²) in [4.78, 5) is 0. The van der Waals surface area contributed by atoms with Crippen LogP contribution in [0, 0.1) is 0 Å². The Morgan fingerprint density at radius 1 is 1.29 bits per heavy atom. The molecule has 0 saturated heterocycles. The lowest BCUT2D eigenvalue weighted by molar-refractivity contribution is 0.397. The molecule has 0 aliphatic heterocycles. The van der Waals surface area contributed by atoms with Gasteiger partial charge in [0.1, 0.15) is 5.75 Å². The van der Waals surface area contributed by atoms with Crippen LogP contribution in [0.3, 0.4) is 0 Å². The highest BCUT2D eigenvalue weighted by Crippen LogP contribution is 2.32. The molecule has 0 aliphatic carbocycles. The zero-order chi connectivity index (χ0) is 10.8. The summed E-state index contributed by atoms with van der Waals surface area (Å²) in [5.41, 5.74) is 2.43. The molecule has 0 bridgehead atoms. The minimum absolute atomic E-state index is 0.0907. The number of hydrogen-bond acceptors (Lipinski definition) is 1. The molecule has 0 atom stereocenters. The Morgan fingerprint density at radius 2 is 1.93 bits per heavy atom. The van der Waals surface area contributed by atoms with Crippen molar-refractivity contribution < 1.29 is 4.74 Å². The van der Waals surface area contributed by atoms with Crippen LogP contribution < -0.4 is 4.74 Å². The lowest BCUT2D eigenvalue weighted by Crippen LogP contribution is -2.13. The number of alkyl halides is 1. The van der Waals surface area contributed by atoms with E-state index in [9.17, 15) is 0 Å². The Kier molecular flexibility index (Phi) is 3.43. The quantitative estimate of drug-likeness (QED) is 0.679. The topological polar surface area (TPSA) is 9.23 Å². The maximum Gasteiger partial charge on any atom is 0.122 e. The number of rotatable bonds is 2. The van der Waals surface area contributed by atoms with E-state index in [1.54, 1.807) is 7.11 Å². The van der Waals surface area contributed by atoms with E-state index in [4.69, 9.17) is 16.3 Å². The second-order valence-electron chi connectivity index (χ2n) is 4.42. The van der Waals surface area contributed by atoms with E-state index in [1.807, 2.05) is 12.1 Å². The fourth-order valence-electron chi connectivity index (χ4n) is 1.42. The van der Waals surface area contributed by atoms with Crippen molar-refractivity contribution in [1.29, 1.82) is 0 Å². The zero-order valence-corrected chi connectivity index (χ0v) is 9.98. The van der Waals surface area contributed by atoms with E-state index in [1.165, 1.54) is 5.56 Å². The van der Waals surface area contributed by atoms with Gasteiger partial charge in [0.2, 0.25) is 0 Å². The molecule has 0 fully saturated rings. The Balaban J connectivity index is 3.22. The summed E-state index contributed by atoms with van der Waals surface area (Å²) in [7, 11) is 1.70. The van der Waals surface area contributed by atoms with Gasteiger partial charge in [0.25, 0.3) is 0 Å². The maximum absolute atomic E-state index is 5.80. The predicted molar refractivity (Wildman–Crippen MR) is 61.3 cm³/mol. The molecule has 0 aliphatic rings. The van der Waals surface area contributed by atoms with Crippen molar-refractivity contribution in [2.75, 3.05) is 7.11 Å². The summed E-state index contributed by atoms with van der Waals surface area (Å²) in [5, 5.41) is 0. The first-order valence-electron chi connectivity index (χ1n) is 4.72. The molecule has 1 rings (SSSR count). The van der Waals surface area contributed by atoms with Crippen LogP contribution in [-0.2, 0) is 11.3 Å². The Morgan fingerprint density at radius 3 is 2.36 bits per heavy atom. The first-order valence-corrected chi connectivity index (χ1v) is 5.26. The second-order valence-corrected chi connectivity index (χ2v) is 4.69. The van der Waals surface area contributed by atoms with Crippen LogP contribution in [0.2, 0.25) is 0 Å². The highest BCUT2D eigenvalue weighted by atomic mass is 35.5. The molecular weight excluding hydrogens is 196 g/mol. The van der Waals surface area contributed by atoms with E-state index < -0.39 is 0 Å². The standard InChI is InChI=1S/C12H17ClO/c1-12(2,3)10-7-9(8-13)5-6-11(10)14-4/h5-7H,8H2,1-4H3. The number of benzene rings is 1. The highest BCUT2D eigenvalue weighted by Gasteiger charge is 2.18. The van der Waals surface area contributed by atoms with Crippen LogP contribution in [0.5, 0.6) is 5.75 Å². The van der Waals surface area contributed by atoms with E-state index in [-0.39, 0.29) is 5.41 Å². The molecule has 14 heavy (non-hydrogen) atoms. The molecule has 0 aromatic heterocycles. The molecule has 0 spiro atoms. The number of ether oxygens (including phenoxy) is 1. The van der Waals surface area contributed by atoms with Crippen LogP contribution in [0.25, 0.3) is 0 Å². The van der Waals surface area contributed by atoms with Crippen molar-refractivity contribution in [3.8, 4) is 5.75 Å². The second kappa shape index (κ2) is 4.22. The number of halogens is 1. The molecule has 0 unspecified atom stereocenters. The average Bonchev–Trinajstić information content (AvgIpc) is 2.15. The van der Waals surface area contributed by atoms with Gasteiger partial charge in [-0.2, -0.15) is 0 Å². The summed E-state index contributed by atoms with van der Waals surface area (Å²) in [6.45, 7) is 6.51. The van der Waals surface area contributed by atoms with Gasteiger partial charge in [-0.05, 0) is 22.6 Å². The maximum atomic E-state index is 5.80. The molecule has 78 valence electrons. The lowest BCUT2D eigenvalue weighted by Gasteiger charge is -2.22. The van der Waals surface area contributed by atoms with Crippen molar-refractivity contribution in [3.63, 3.8) is 0 Å². The third kappa shape index (κ3) is 2.42. The molecule has 1 aromatic carbocycles. The first-order chi connectivity index (χ1) is 6.49.